The Balaban J connectivity index is 1.77. The van der Waals surface area contributed by atoms with Gasteiger partial charge >= 0.3 is 0 Å². The van der Waals surface area contributed by atoms with E-state index in [1.54, 1.807) is 6.07 Å². The molecule has 0 spiro atoms. The van der Waals surface area contributed by atoms with E-state index in [0.717, 1.165) is 30.7 Å². The largest absolute Gasteiger partial charge is 0.376 e. The van der Waals surface area contributed by atoms with Crippen molar-refractivity contribution in [1.29, 1.82) is 0 Å². The van der Waals surface area contributed by atoms with Crippen molar-refractivity contribution in [2.45, 2.75) is 45.6 Å². The molecular weight excluding hydrogens is 350 g/mol. The predicted octanol–water partition coefficient (Wildman–Crippen LogP) is 4.50. The smallest absolute Gasteiger partial charge is 0.257 e. The molecular formula is C23H29N3O2. The van der Waals surface area contributed by atoms with Gasteiger partial charge in [-0.15, -0.1) is 0 Å². The van der Waals surface area contributed by atoms with Crippen molar-refractivity contribution < 1.29 is 9.53 Å². The lowest BCUT2D eigenvalue weighted by Crippen LogP contribution is -2.36. The highest BCUT2D eigenvalue weighted by Crippen LogP contribution is 2.19. The summed E-state index contributed by atoms with van der Waals surface area (Å²) in [5.74, 6) is 0.695. The quantitative estimate of drug-likeness (QED) is 0.594. The molecule has 2 aromatic carbocycles. The summed E-state index contributed by atoms with van der Waals surface area (Å²) >= 11 is 0. The third-order valence-corrected chi connectivity index (χ3v) is 4.81. The Labute approximate surface area is 167 Å². The van der Waals surface area contributed by atoms with Crippen LogP contribution in [0, 0.1) is 6.92 Å². The maximum absolute atomic E-state index is 12.7. The van der Waals surface area contributed by atoms with Crippen LogP contribution >= 0.6 is 0 Å². The van der Waals surface area contributed by atoms with Gasteiger partial charge in [-0.25, -0.2) is 4.99 Å². The number of amides is 1. The van der Waals surface area contributed by atoms with Crippen molar-refractivity contribution >= 4 is 17.6 Å². The molecule has 0 radical (unpaired) electrons. The Hall–Kier alpha value is -2.66. The second-order valence-electron chi connectivity index (χ2n) is 7.55. The normalized spacial score (nSPS) is 17.0. The number of guanidine groups is 1. The standard InChI is InChI=1S/C23H29N3O2/c1-16(2)18-8-5-10-20(14-18)25-23(24-15-21-11-6-12-28-21)26-22(27)19-9-4-7-17(3)13-19/h4-5,7-10,13-14,16,21H,6,11-12,15H2,1-3H3,(H2,24,25,26,27)/t21-/m0/s1. The predicted molar refractivity (Wildman–Crippen MR) is 114 cm³/mol. The van der Waals surface area contributed by atoms with Crippen molar-refractivity contribution in [3.05, 3.63) is 65.2 Å². The van der Waals surface area contributed by atoms with Crippen LogP contribution in [0.4, 0.5) is 5.69 Å². The van der Waals surface area contributed by atoms with Gasteiger partial charge in [0.25, 0.3) is 5.91 Å². The molecule has 5 heteroatoms. The lowest BCUT2D eigenvalue weighted by Gasteiger charge is -2.15. The minimum Gasteiger partial charge on any atom is -0.376 e. The fourth-order valence-corrected chi connectivity index (χ4v) is 3.17. The summed E-state index contributed by atoms with van der Waals surface area (Å²) in [7, 11) is 0. The van der Waals surface area contributed by atoms with Gasteiger partial charge in [0.15, 0.2) is 0 Å². The molecule has 5 nitrogen and oxygen atoms in total. The fraction of sp³-hybridized carbons (Fsp3) is 0.391. The molecule has 1 aliphatic heterocycles. The molecule has 0 aromatic heterocycles. The van der Waals surface area contributed by atoms with E-state index in [1.165, 1.54) is 5.56 Å². The lowest BCUT2D eigenvalue weighted by molar-refractivity contribution is 0.0975. The van der Waals surface area contributed by atoms with Crippen LogP contribution in [-0.4, -0.2) is 31.1 Å². The Morgan fingerprint density at radius 2 is 2.04 bits per heavy atom. The van der Waals surface area contributed by atoms with E-state index in [-0.39, 0.29) is 12.0 Å². The molecule has 0 aliphatic carbocycles. The molecule has 2 aromatic rings. The zero-order chi connectivity index (χ0) is 19.9. The molecule has 28 heavy (non-hydrogen) atoms. The monoisotopic (exact) mass is 379 g/mol. The number of carbonyl (C=O) groups is 1. The van der Waals surface area contributed by atoms with Gasteiger partial charge in [-0.05, 0) is 55.5 Å². The SMILES string of the molecule is Cc1cccc(C(=O)NC(=NC[C@@H]2CCCO2)Nc2cccc(C(C)C)c2)c1. The van der Waals surface area contributed by atoms with Crippen molar-refractivity contribution in [1.82, 2.24) is 5.32 Å². The van der Waals surface area contributed by atoms with Gasteiger partial charge in [0.2, 0.25) is 5.96 Å². The third-order valence-electron chi connectivity index (χ3n) is 4.81. The first kappa shape index (κ1) is 20.1. The molecule has 0 bridgehead atoms. The summed E-state index contributed by atoms with van der Waals surface area (Å²) in [5, 5.41) is 6.20. The summed E-state index contributed by atoms with van der Waals surface area (Å²) in [5.41, 5.74) is 3.79. The Bertz CT molecular complexity index is 839. The molecule has 3 rings (SSSR count). The van der Waals surface area contributed by atoms with Crippen LogP contribution in [0.3, 0.4) is 0 Å². The maximum Gasteiger partial charge on any atom is 0.257 e. The topological polar surface area (TPSA) is 62.7 Å². The highest BCUT2D eigenvalue weighted by atomic mass is 16.5. The van der Waals surface area contributed by atoms with Gasteiger partial charge < -0.3 is 10.1 Å². The number of hydrogen-bond acceptors (Lipinski definition) is 3. The molecule has 148 valence electrons. The van der Waals surface area contributed by atoms with E-state index in [0.29, 0.717) is 24.0 Å². The van der Waals surface area contributed by atoms with Crippen molar-refractivity contribution in [2.75, 3.05) is 18.5 Å². The summed E-state index contributed by atoms with van der Waals surface area (Å²) in [6, 6.07) is 15.7. The number of hydrogen-bond donors (Lipinski definition) is 2. The van der Waals surface area contributed by atoms with Crippen LogP contribution in [0.1, 0.15) is 54.1 Å². The van der Waals surface area contributed by atoms with E-state index in [1.807, 2.05) is 37.3 Å². The number of rotatable bonds is 5. The first-order valence-corrected chi connectivity index (χ1v) is 9.92. The van der Waals surface area contributed by atoms with Crippen molar-refractivity contribution in [2.24, 2.45) is 4.99 Å². The Morgan fingerprint density at radius 1 is 1.21 bits per heavy atom. The average molecular weight is 380 g/mol. The zero-order valence-corrected chi connectivity index (χ0v) is 16.9. The summed E-state index contributed by atoms with van der Waals surface area (Å²) in [6.45, 7) is 7.60. The average Bonchev–Trinajstić information content (AvgIpc) is 3.20. The first-order valence-electron chi connectivity index (χ1n) is 9.92. The van der Waals surface area contributed by atoms with E-state index in [2.05, 4.69) is 41.6 Å². The molecule has 2 N–H and O–H groups in total. The van der Waals surface area contributed by atoms with Gasteiger partial charge in [-0.1, -0.05) is 43.7 Å². The summed E-state index contributed by atoms with van der Waals surface area (Å²) in [4.78, 5) is 17.3. The molecule has 1 aliphatic rings. The van der Waals surface area contributed by atoms with Crippen LogP contribution in [0.2, 0.25) is 0 Å². The van der Waals surface area contributed by atoms with Crippen LogP contribution in [-0.2, 0) is 4.74 Å². The Kier molecular flexibility index (Phi) is 6.82. The number of nitrogens with zero attached hydrogens (tertiary/aromatic N) is 1. The molecule has 0 saturated carbocycles. The van der Waals surface area contributed by atoms with Crippen molar-refractivity contribution in [3.8, 4) is 0 Å². The number of ether oxygens (including phenoxy) is 1. The second-order valence-corrected chi connectivity index (χ2v) is 7.55. The lowest BCUT2D eigenvalue weighted by atomic mass is 10.0. The minimum atomic E-state index is -0.178. The van der Waals surface area contributed by atoms with Crippen LogP contribution < -0.4 is 10.6 Å². The number of aliphatic imine (C=N–C) groups is 1. The molecule has 1 amide bonds. The van der Waals surface area contributed by atoms with Gasteiger partial charge in [0.05, 0.1) is 12.6 Å². The number of aryl methyl sites for hydroxylation is 1. The fourth-order valence-electron chi connectivity index (χ4n) is 3.17. The molecule has 1 fully saturated rings. The second kappa shape index (κ2) is 9.51. The van der Waals surface area contributed by atoms with Gasteiger partial charge in [-0.2, -0.15) is 0 Å². The van der Waals surface area contributed by atoms with Crippen LogP contribution in [0.25, 0.3) is 0 Å². The highest BCUT2D eigenvalue weighted by Gasteiger charge is 2.16. The Morgan fingerprint density at radius 3 is 2.75 bits per heavy atom. The summed E-state index contributed by atoms with van der Waals surface area (Å²) in [6.07, 6.45) is 2.19. The van der Waals surface area contributed by atoms with E-state index < -0.39 is 0 Å². The van der Waals surface area contributed by atoms with Crippen LogP contribution in [0.5, 0.6) is 0 Å². The number of benzene rings is 2. The number of nitrogens with one attached hydrogen (secondary N) is 2. The van der Waals surface area contributed by atoms with Crippen LogP contribution in [0.15, 0.2) is 53.5 Å². The van der Waals surface area contributed by atoms with Gasteiger partial charge in [0.1, 0.15) is 0 Å². The zero-order valence-electron chi connectivity index (χ0n) is 16.9. The van der Waals surface area contributed by atoms with E-state index >= 15 is 0 Å². The number of carbonyl (C=O) groups excluding carboxylic acids is 1. The van der Waals surface area contributed by atoms with Gasteiger partial charge in [-0.3, -0.25) is 10.1 Å². The molecule has 1 heterocycles. The van der Waals surface area contributed by atoms with Crippen molar-refractivity contribution in [3.63, 3.8) is 0 Å². The van der Waals surface area contributed by atoms with E-state index in [9.17, 15) is 4.79 Å². The van der Waals surface area contributed by atoms with Gasteiger partial charge in [0, 0.05) is 17.9 Å². The molecule has 0 unspecified atom stereocenters. The third kappa shape index (κ3) is 5.67. The summed E-state index contributed by atoms with van der Waals surface area (Å²) < 4.78 is 5.66. The first-order chi connectivity index (χ1) is 13.5. The minimum absolute atomic E-state index is 0.120. The highest BCUT2D eigenvalue weighted by molar-refractivity contribution is 6.10. The number of anilines is 1. The maximum atomic E-state index is 12.7. The van der Waals surface area contributed by atoms with E-state index in [4.69, 9.17) is 4.74 Å². The molecule has 1 saturated heterocycles. The molecule has 1 atom stereocenters.